The summed E-state index contributed by atoms with van der Waals surface area (Å²) in [6, 6.07) is 53.3. The molecule has 0 atom stereocenters. The molecule has 0 aliphatic rings. The second-order valence-electron chi connectivity index (χ2n) is 11.0. The summed E-state index contributed by atoms with van der Waals surface area (Å²) in [5.41, 5.74) is 9.12. The van der Waals surface area contributed by atoms with E-state index in [-0.39, 0.29) is 0 Å². The van der Waals surface area contributed by atoms with E-state index < -0.39 is 0 Å². The zero-order chi connectivity index (χ0) is 28.3. The first-order chi connectivity index (χ1) is 21.3. The van der Waals surface area contributed by atoms with Gasteiger partial charge in [-0.05, 0) is 77.2 Å². The second kappa shape index (κ2) is 9.37. The fraction of sp³-hybridized carbons (Fsp3) is 0. The topological polar surface area (TPSA) is 29.5 Å². The van der Waals surface area contributed by atoms with Crippen LogP contribution in [0, 0.1) is 0 Å². The van der Waals surface area contributed by atoms with Gasteiger partial charge in [-0.1, -0.05) is 91.0 Å². The maximum Gasteiger partial charge on any atom is 0.135 e. The van der Waals surface area contributed by atoms with Crippen molar-refractivity contribution in [3.63, 3.8) is 0 Å². The van der Waals surface area contributed by atoms with Crippen LogP contribution in [0.1, 0.15) is 0 Å². The summed E-state index contributed by atoms with van der Waals surface area (Å²) in [4.78, 5) is 2.37. The molecule has 9 rings (SSSR count). The van der Waals surface area contributed by atoms with Crippen molar-refractivity contribution in [3.8, 4) is 11.1 Å². The van der Waals surface area contributed by atoms with Gasteiger partial charge in [-0.25, -0.2) is 0 Å². The van der Waals surface area contributed by atoms with Gasteiger partial charge in [0.1, 0.15) is 22.3 Å². The highest BCUT2D eigenvalue weighted by molar-refractivity contribution is 6.10. The Balaban J connectivity index is 1.36. The van der Waals surface area contributed by atoms with Crippen LogP contribution in [0.3, 0.4) is 0 Å². The fourth-order valence-electron chi connectivity index (χ4n) is 6.41. The summed E-state index contributed by atoms with van der Waals surface area (Å²) in [6.07, 6.45) is 0. The predicted octanol–water partition coefficient (Wildman–Crippen LogP) is 11.8. The number of hydrogen-bond donors (Lipinski definition) is 0. The molecule has 202 valence electrons. The third-order valence-electron chi connectivity index (χ3n) is 8.42. The minimum Gasteiger partial charge on any atom is -0.456 e. The average Bonchev–Trinajstić information content (AvgIpc) is 3.63. The molecule has 3 nitrogen and oxygen atoms in total. The number of furan rings is 2. The minimum absolute atomic E-state index is 0.879. The first-order valence-electron chi connectivity index (χ1n) is 14.5. The quantitative estimate of drug-likeness (QED) is 0.218. The molecule has 0 saturated heterocycles. The molecule has 3 heteroatoms. The number of anilines is 3. The lowest BCUT2D eigenvalue weighted by Crippen LogP contribution is -2.10. The molecule has 0 aliphatic heterocycles. The highest BCUT2D eigenvalue weighted by Crippen LogP contribution is 2.44. The van der Waals surface area contributed by atoms with Crippen molar-refractivity contribution < 1.29 is 8.83 Å². The molecule has 0 saturated carbocycles. The van der Waals surface area contributed by atoms with E-state index in [2.05, 4.69) is 132 Å². The number of hydrogen-bond acceptors (Lipinski definition) is 3. The molecule has 0 fully saturated rings. The summed E-state index contributed by atoms with van der Waals surface area (Å²) in [5, 5.41) is 6.77. The number of fused-ring (bicyclic) bond motifs is 7. The maximum absolute atomic E-state index is 6.21. The van der Waals surface area contributed by atoms with Crippen molar-refractivity contribution >= 4 is 71.7 Å². The minimum atomic E-state index is 0.879. The lowest BCUT2D eigenvalue weighted by atomic mass is 9.98. The Morgan fingerprint density at radius 1 is 0.349 bits per heavy atom. The number of benzene rings is 7. The molecule has 7 aromatic carbocycles. The highest BCUT2D eigenvalue weighted by Gasteiger charge is 2.20. The van der Waals surface area contributed by atoms with Crippen molar-refractivity contribution in [2.75, 3.05) is 4.90 Å². The van der Waals surface area contributed by atoms with Gasteiger partial charge >= 0.3 is 0 Å². The maximum atomic E-state index is 6.21. The third-order valence-corrected chi connectivity index (χ3v) is 8.42. The van der Waals surface area contributed by atoms with Gasteiger partial charge in [-0.2, -0.15) is 0 Å². The molecular weight excluding hydrogens is 526 g/mol. The molecule has 43 heavy (non-hydrogen) atoms. The molecular formula is C40H25NO2. The number of rotatable bonds is 4. The fourth-order valence-corrected chi connectivity index (χ4v) is 6.41. The second-order valence-corrected chi connectivity index (χ2v) is 11.0. The van der Waals surface area contributed by atoms with Gasteiger partial charge in [0.2, 0.25) is 0 Å². The van der Waals surface area contributed by atoms with E-state index in [4.69, 9.17) is 8.83 Å². The van der Waals surface area contributed by atoms with E-state index in [1.807, 2.05) is 24.3 Å². The van der Waals surface area contributed by atoms with Crippen LogP contribution in [0.4, 0.5) is 17.1 Å². The zero-order valence-corrected chi connectivity index (χ0v) is 23.2. The molecule has 0 radical (unpaired) electrons. The van der Waals surface area contributed by atoms with Crippen LogP contribution in [-0.2, 0) is 0 Å². The van der Waals surface area contributed by atoms with Crippen LogP contribution in [0.5, 0.6) is 0 Å². The smallest absolute Gasteiger partial charge is 0.135 e. The first-order valence-corrected chi connectivity index (χ1v) is 14.5. The normalized spacial score (nSPS) is 11.7. The highest BCUT2D eigenvalue weighted by atomic mass is 16.3. The third kappa shape index (κ3) is 3.83. The predicted molar refractivity (Wildman–Crippen MR) is 179 cm³/mol. The van der Waals surface area contributed by atoms with Crippen LogP contribution < -0.4 is 4.90 Å². The van der Waals surface area contributed by atoms with Gasteiger partial charge in [0.25, 0.3) is 0 Å². The molecule has 0 amide bonds. The average molecular weight is 552 g/mol. The molecule has 0 spiro atoms. The molecule has 0 unspecified atom stereocenters. The van der Waals surface area contributed by atoms with Crippen LogP contribution in [0.25, 0.3) is 65.8 Å². The molecule has 0 aliphatic carbocycles. The van der Waals surface area contributed by atoms with E-state index in [0.717, 1.165) is 60.9 Å². The lowest BCUT2D eigenvalue weighted by Gasteiger charge is -2.28. The summed E-state index contributed by atoms with van der Waals surface area (Å²) in [5.74, 6) is 0. The van der Waals surface area contributed by atoms with Crippen LogP contribution in [0.2, 0.25) is 0 Å². The van der Waals surface area contributed by atoms with Gasteiger partial charge in [0, 0.05) is 38.3 Å². The Hall–Kier alpha value is -5.80. The molecule has 2 aromatic heterocycles. The Kier molecular flexibility index (Phi) is 5.20. The molecule has 9 aromatic rings. The molecule has 2 heterocycles. The Morgan fingerprint density at radius 2 is 0.860 bits per heavy atom. The van der Waals surface area contributed by atoms with Gasteiger partial charge in [0.05, 0.1) is 5.69 Å². The molecule has 0 bridgehead atoms. The van der Waals surface area contributed by atoms with Crippen molar-refractivity contribution in [2.24, 2.45) is 0 Å². The van der Waals surface area contributed by atoms with E-state index in [9.17, 15) is 0 Å². The lowest BCUT2D eigenvalue weighted by molar-refractivity contribution is 0.668. The Morgan fingerprint density at radius 3 is 1.49 bits per heavy atom. The van der Waals surface area contributed by atoms with Gasteiger partial charge in [0.15, 0.2) is 0 Å². The summed E-state index contributed by atoms with van der Waals surface area (Å²) < 4.78 is 12.4. The van der Waals surface area contributed by atoms with E-state index >= 15 is 0 Å². The van der Waals surface area contributed by atoms with Crippen molar-refractivity contribution in [3.05, 3.63) is 152 Å². The van der Waals surface area contributed by atoms with Crippen LogP contribution >= 0.6 is 0 Å². The summed E-state index contributed by atoms with van der Waals surface area (Å²) >= 11 is 0. The van der Waals surface area contributed by atoms with Gasteiger partial charge < -0.3 is 13.7 Å². The zero-order valence-electron chi connectivity index (χ0n) is 23.2. The van der Waals surface area contributed by atoms with E-state index in [0.29, 0.717) is 0 Å². The molecule has 0 N–H and O–H groups in total. The summed E-state index contributed by atoms with van der Waals surface area (Å²) in [6.45, 7) is 0. The first kappa shape index (κ1) is 23.9. The van der Waals surface area contributed by atoms with Gasteiger partial charge in [-0.3, -0.25) is 0 Å². The largest absolute Gasteiger partial charge is 0.456 e. The van der Waals surface area contributed by atoms with Crippen molar-refractivity contribution in [2.45, 2.75) is 0 Å². The monoisotopic (exact) mass is 551 g/mol. The summed E-state index contributed by atoms with van der Waals surface area (Å²) in [7, 11) is 0. The van der Waals surface area contributed by atoms with E-state index in [1.165, 1.54) is 21.9 Å². The Labute approximate surface area is 247 Å². The van der Waals surface area contributed by atoms with Gasteiger partial charge in [-0.15, -0.1) is 0 Å². The standard InChI is InChI=1S/C40H25NO2/c1-2-10-26(11-3-1)28-22-27-12-4-5-13-31(27)36(23-28)41(29-18-20-39-34(24-29)32-14-6-8-16-37(32)42-39)30-19-21-40-35(25-30)33-15-7-9-17-38(33)43-40/h1-25H. The number of para-hydroxylation sites is 2. The SMILES string of the molecule is c1ccc(-c2cc(N(c3ccc4oc5ccccc5c4c3)c3ccc4oc5ccccc5c4c3)c3ccccc3c2)cc1. The number of nitrogens with zero attached hydrogens (tertiary/aromatic N) is 1. The Bertz CT molecular complexity index is 2350. The van der Waals surface area contributed by atoms with Crippen molar-refractivity contribution in [1.29, 1.82) is 0 Å². The van der Waals surface area contributed by atoms with Crippen LogP contribution in [0.15, 0.2) is 160 Å². The van der Waals surface area contributed by atoms with E-state index in [1.54, 1.807) is 0 Å². The van der Waals surface area contributed by atoms with Crippen molar-refractivity contribution in [1.82, 2.24) is 0 Å². The van der Waals surface area contributed by atoms with Crippen LogP contribution in [-0.4, -0.2) is 0 Å².